The average Bonchev–Trinajstić information content (AvgIpc) is 2.25. The van der Waals surface area contributed by atoms with Crippen LogP contribution in [0.4, 0.5) is 9.59 Å². The van der Waals surface area contributed by atoms with Crippen LogP contribution in [0.25, 0.3) is 0 Å². The Hall–Kier alpha value is -2.24. The molecule has 0 heterocycles. The first kappa shape index (κ1) is 13.8. The summed E-state index contributed by atoms with van der Waals surface area (Å²) in [5.41, 5.74) is 3.51. The summed E-state index contributed by atoms with van der Waals surface area (Å²) in [6.45, 7) is 5.15. The number of hydrogen-bond acceptors (Lipinski definition) is 4. The van der Waals surface area contributed by atoms with Gasteiger partial charge in [-0.1, -0.05) is 18.2 Å². The normalized spacial score (nSPS) is 10.4. The van der Waals surface area contributed by atoms with Gasteiger partial charge in [-0.15, -0.1) is 0 Å². The third-order valence-corrected chi connectivity index (χ3v) is 1.62. The quantitative estimate of drug-likeness (QED) is 0.751. The van der Waals surface area contributed by atoms with E-state index in [9.17, 15) is 9.59 Å². The van der Waals surface area contributed by atoms with Crippen LogP contribution in [-0.2, 0) is 4.74 Å². The second-order valence-corrected chi connectivity index (χ2v) is 4.45. The van der Waals surface area contributed by atoms with E-state index in [-0.39, 0.29) is 0 Å². The lowest BCUT2D eigenvalue weighted by Crippen LogP contribution is -2.45. The molecule has 98 valence electrons. The van der Waals surface area contributed by atoms with E-state index in [4.69, 9.17) is 9.47 Å². The zero-order chi connectivity index (χ0) is 13.6. The van der Waals surface area contributed by atoms with Gasteiger partial charge in [0.2, 0.25) is 0 Å². The monoisotopic (exact) mass is 252 g/mol. The lowest BCUT2D eigenvalue weighted by Gasteiger charge is -2.19. The van der Waals surface area contributed by atoms with E-state index in [0.29, 0.717) is 5.75 Å². The van der Waals surface area contributed by atoms with Crippen LogP contribution in [0.1, 0.15) is 20.8 Å². The third kappa shape index (κ3) is 5.74. The van der Waals surface area contributed by atoms with E-state index in [1.165, 1.54) is 0 Å². The van der Waals surface area contributed by atoms with Crippen molar-refractivity contribution in [1.82, 2.24) is 10.9 Å². The number of carbonyl (C=O) groups is 2. The molecule has 2 amide bonds. The molecule has 2 N–H and O–H groups in total. The minimum atomic E-state index is -0.799. The van der Waals surface area contributed by atoms with Crippen LogP contribution in [0.2, 0.25) is 0 Å². The molecule has 0 radical (unpaired) electrons. The second-order valence-electron chi connectivity index (χ2n) is 4.45. The molecule has 18 heavy (non-hydrogen) atoms. The molecule has 6 heteroatoms. The molecule has 0 aliphatic rings. The number of carbonyl (C=O) groups excluding carboxylic acids is 2. The summed E-state index contributed by atoms with van der Waals surface area (Å²) in [6, 6.07) is 8.48. The molecule has 0 spiro atoms. The highest BCUT2D eigenvalue weighted by atomic mass is 16.6. The van der Waals surface area contributed by atoms with Crippen LogP contribution >= 0.6 is 0 Å². The highest BCUT2D eigenvalue weighted by molar-refractivity contribution is 5.75. The molecule has 0 bridgehead atoms. The van der Waals surface area contributed by atoms with Crippen molar-refractivity contribution in [3.05, 3.63) is 30.3 Å². The fraction of sp³-hybridized carbons (Fsp3) is 0.333. The highest BCUT2D eigenvalue weighted by Crippen LogP contribution is 2.08. The van der Waals surface area contributed by atoms with Gasteiger partial charge in [-0.05, 0) is 32.9 Å². The molecule has 1 rings (SSSR count). The Bertz CT molecular complexity index is 412. The molecule has 0 saturated heterocycles. The summed E-state index contributed by atoms with van der Waals surface area (Å²) in [5, 5.41) is 0. The fourth-order valence-corrected chi connectivity index (χ4v) is 1.03. The maximum absolute atomic E-state index is 11.3. The average molecular weight is 252 g/mol. The van der Waals surface area contributed by atoms with Gasteiger partial charge in [0.1, 0.15) is 11.4 Å². The first-order valence-electron chi connectivity index (χ1n) is 5.39. The number of amides is 2. The number of hydrazine groups is 1. The Balaban J connectivity index is 2.32. The van der Waals surface area contributed by atoms with Gasteiger partial charge in [-0.3, -0.25) is 0 Å². The van der Waals surface area contributed by atoms with Gasteiger partial charge < -0.3 is 9.47 Å². The van der Waals surface area contributed by atoms with Crippen LogP contribution < -0.4 is 15.6 Å². The highest BCUT2D eigenvalue weighted by Gasteiger charge is 2.16. The van der Waals surface area contributed by atoms with Gasteiger partial charge >= 0.3 is 12.2 Å². The van der Waals surface area contributed by atoms with E-state index < -0.39 is 17.8 Å². The Morgan fingerprint density at radius 2 is 1.56 bits per heavy atom. The van der Waals surface area contributed by atoms with Crippen LogP contribution in [0.15, 0.2) is 30.3 Å². The van der Waals surface area contributed by atoms with E-state index in [2.05, 4.69) is 10.9 Å². The van der Waals surface area contributed by atoms with Gasteiger partial charge in [0.15, 0.2) is 0 Å². The topological polar surface area (TPSA) is 76.7 Å². The Morgan fingerprint density at radius 3 is 2.11 bits per heavy atom. The van der Waals surface area contributed by atoms with Gasteiger partial charge in [0, 0.05) is 0 Å². The molecule has 0 atom stereocenters. The summed E-state index contributed by atoms with van der Waals surface area (Å²) < 4.78 is 9.79. The van der Waals surface area contributed by atoms with Crippen molar-refractivity contribution in [2.75, 3.05) is 0 Å². The minimum Gasteiger partial charge on any atom is -0.443 e. The summed E-state index contributed by atoms with van der Waals surface area (Å²) in [7, 11) is 0. The number of rotatable bonds is 1. The van der Waals surface area contributed by atoms with Crippen molar-refractivity contribution >= 4 is 12.2 Å². The summed E-state index contributed by atoms with van der Waals surface area (Å²) in [5.74, 6) is 0.376. The number of benzene rings is 1. The van der Waals surface area contributed by atoms with Gasteiger partial charge in [-0.2, -0.15) is 0 Å². The predicted octanol–water partition coefficient (Wildman–Crippen LogP) is 2.21. The Labute approximate surface area is 105 Å². The summed E-state index contributed by atoms with van der Waals surface area (Å²) >= 11 is 0. The first-order valence-corrected chi connectivity index (χ1v) is 5.39. The van der Waals surface area contributed by atoms with Crippen LogP contribution in [0.3, 0.4) is 0 Å². The van der Waals surface area contributed by atoms with E-state index >= 15 is 0 Å². The van der Waals surface area contributed by atoms with Crippen LogP contribution in [-0.4, -0.2) is 17.8 Å². The maximum Gasteiger partial charge on any atom is 0.431 e. The molecule has 0 aliphatic heterocycles. The minimum absolute atomic E-state index is 0.376. The maximum atomic E-state index is 11.3. The second kappa shape index (κ2) is 5.90. The summed E-state index contributed by atoms with van der Waals surface area (Å²) in [6.07, 6.45) is -1.56. The third-order valence-electron chi connectivity index (χ3n) is 1.62. The Kier molecular flexibility index (Phi) is 4.53. The number of nitrogens with one attached hydrogen (secondary N) is 2. The lowest BCUT2D eigenvalue weighted by molar-refractivity contribution is 0.0497. The number of ether oxygens (including phenoxy) is 2. The van der Waals surface area contributed by atoms with Crippen molar-refractivity contribution in [2.45, 2.75) is 26.4 Å². The SMILES string of the molecule is CC(C)(C)OC(=O)NNC(=O)Oc1ccccc1. The predicted molar refractivity (Wildman–Crippen MR) is 65.0 cm³/mol. The molecule has 1 aromatic carbocycles. The standard InChI is InChI=1S/C12H16N2O4/c1-12(2,3)18-11(16)14-13-10(15)17-9-7-5-4-6-8-9/h4-8H,1-3H3,(H,13,15)(H,14,16). The molecule has 6 nitrogen and oxygen atoms in total. The van der Waals surface area contributed by atoms with Crippen molar-refractivity contribution in [3.63, 3.8) is 0 Å². The zero-order valence-corrected chi connectivity index (χ0v) is 10.5. The number of hydrogen-bond donors (Lipinski definition) is 2. The molecular formula is C12H16N2O4. The smallest absolute Gasteiger partial charge is 0.431 e. The van der Waals surface area contributed by atoms with Crippen LogP contribution in [0, 0.1) is 0 Å². The molecule has 0 saturated carbocycles. The number of para-hydroxylation sites is 1. The molecule has 1 aromatic rings. The van der Waals surface area contributed by atoms with Gasteiger partial charge in [0.25, 0.3) is 0 Å². The lowest BCUT2D eigenvalue weighted by atomic mass is 10.2. The van der Waals surface area contributed by atoms with Gasteiger partial charge in [-0.25, -0.2) is 20.4 Å². The van der Waals surface area contributed by atoms with Crippen molar-refractivity contribution in [2.24, 2.45) is 0 Å². The van der Waals surface area contributed by atoms with Crippen molar-refractivity contribution < 1.29 is 19.1 Å². The van der Waals surface area contributed by atoms with Crippen molar-refractivity contribution in [1.29, 1.82) is 0 Å². The molecule has 0 aliphatic carbocycles. The van der Waals surface area contributed by atoms with Crippen LogP contribution in [0.5, 0.6) is 5.75 Å². The van der Waals surface area contributed by atoms with E-state index in [1.54, 1.807) is 51.1 Å². The van der Waals surface area contributed by atoms with Gasteiger partial charge in [0.05, 0.1) is 0 Å². The first-order chi connectivity index (χ1) is 8.37. The fourth-order valence-electron chi connectivity index (χ4n) is 1.03. The van der Waals surface area contributed by atoms with Crippen molar-refractivity contribution in [3.8, 4) is 5.75 Å². The molecular weight excluding hydrogens is 236 g/mol. The molecule has 0 fully saturated rings. The molecule has 0 aromatic heterocycles. The zero-order valence-electron chi connectivity index (χ0n) is 10.5. The molecule has 0 unspecified atom stereocenters. The summed E-state index contributed by atoms with van der Waals surface area (Å²) in [4.78, 5) is 22.5. The Morgan fingerprint density at radius 1 is 1.00 bits per heavy atom. The van der Waals surface area contributed by atoms with E-state index in [0.717, 1.165) is 0 Å². The largest absolute Gasteiger partial charge is 0.443 e. The van der Waals surface area contributed by atoms with E-state index in [1.807, 2.05) is 0 Å².